The van der Waals surface area contributed by atoms with Crippen LogP contribution in [-0.2, 0) is 9.47 Å². The van der Waals surface area contributed by atoms with Gasteiger partial charge in [0.15, 0.2) is 0 Å². The molecule has 1 saturated heterocycles. The van der Waals surface area contributed by atoms with E-state index in [-0.39, 0.29) is 11.7 Å². The second kappa shape index (κ2) is 8.71. The highest BCUT2D eigenvalue weighted by Gasteiger charge is 2.37. The summed E-state index contributed by atoms with van der Waals surface area (Å²) in [5, 5.41) is 0. The fraction of sp³-hybridized carbons (Fsp3) is 0.941. The van der Waals surface area contributed by atoms with Crippen molar-refractivity contribution in [3.8, 4) is 0 Å². The number of carbonyl (C=O) groups excluding carboxylic acids is 1. The van der Waals surface area contributed by atoms with Gasteiger partial charge >= 0.3 is 6.09 Å². The van der Waals surface area contributed by atoms with Gasteiger partial charge in [-0.05, 0) is 39.5 Å². The van der Waals surface area contributed by atoms with Crippen LogP contribution < -0.4 is 0 Å². The minimum absolute atomic E-state index is 0.0678. The summed E-state index contributed by atoms with van der Waals surface area (Å²) < 4.78 is 12.7. The molecule has 4 nitrogen and oxygen atoms in total. The van der Waals surface area contributed by atoms with Gasteiger partial charge in [-0.2, -0.15) is 0 Å². The number of carbonyl (C=O) groups is 1. The zero-order chi connectivity index (χ0) is 16.8. The predicted molar refractivity (Wildman–Crippen MR) is 98.7 cm³/mol. The third kappa shape index (κ3) is 6.22. The van der Waals surface area contributed by atoms with Crippen molar-refractivity contribution in [2.24, 2.45) is 5.92 Å². The number of hydrogen-bond donors (Lipinski definition) is 0. The normalized spacial score (nSPS) is 18.6. The van der Waals surface area contributed by atoms with Crippen LogP contribution in [0, 0.1) is 5.92 Å². The van der Waals surface area contributed by atoms with Gasteiger partial charge in [-0.25, -0.2) is 4.79 Å². The molecule has 1 heterocycles. The number of amides is 1. The van der Waals surface area contributed by atoms with Gasteiger partial charge in [0.2, 0.25) is 0 Å². The van der Waals surface area contributed by atoms with E-state index in [0.717, 1.165) is 49.8 Å². The van der Waals surface area contributed by atoms with Crippen molar-refractivity contribution < 1.29 is 14.3 Å². The highest BCUT2D eigenvalue weighted by Crippen LogP contribution is 2.30. The quantitative estimate of drug-likeness (QED) is 0.460. The van der Waals surface area contributed by atoms with E-state index >= 15 is 0 Å². The maximum Gasteiger partial charge on any atom is 0.410 e. The molecule has 1 rings (SSSR count). The molecule has 0 unspecified atom stereocenters. The van der Waals surface area contributed by atoms with E-state index < -0.39 is 5.60 Å². The van der Waals surface area contributed by atoms with Crippen LogP contribution in [0.4, 0.5) is 4.79 Å². The summed E-state index contributed by atoms with van der Waals surface area (Å²) in [7, 11) is 0. The van der Waals surface area contributed by atoms with E-state index in [0.29, 0.717) is 5.92 Å². The average Bonchev–Trinajstić information content (AvgIpc) is 2.47. The van der Waals surface area contributed by atoms with Crippen LogP contribution >= 0.6 is 22.6 Å². The van der Waals surface area contributed by atoms with Gasteiger partial charge in [-0.3, -0.25) is 0 Å². The molecular weight excluding hydrogens is 393 g/mol. The number of alkyl halides is 1. The number of halogens is 1. The van der Waals surface area contributed by atoms with E-state index in [9.17, 15) is 4.79 Å². The van der Waals surface area contributed by atoms with E-state index in [1.165, 1.54) is 0 Å². The lowest BCUT2D eigenvalue weighted by Crippen LogP contribution is -2.50. The maximum absolute atomic E-state index is 12.1. The van der Waals surface area contributed by atoms with Gasteiger partial charge in [0.05, 0.1) is 12.2 Å². The van der Waals surface area contributed by atoms with E-state index in [2.05, 4.69) is 36.4 Å². The lowest BCUT2D eigenvalue weighted by Gasteiger charge is -2.41. The Kier molecular flexibility index (Phi) is 7.92. The molecule has 0 N–H and O–H groups in total. The molecule has 0 bridgehead atoms. The molecule has 0 radical (unpaired) electrons. The zero-order valence-corrected chi connectivity index (χ0v) is 16.9. The molecule has 0 aromatic carbocycles. The summed E-state index contributed by atoms with van der Waals surface area (Å²) >= 11 is 2.42. The van der Waals surface area contributed by atoms with Crippen LogP contribution in [0.25, 0.3) is 0 Å². The van der Waals surface area contributed by atoms with Crippen LogP contribution in [0.2, 0.25) is 0 Å². The third-order valence-electron chi connectivity index (χ3n) is 4.35. The Hall–Kier alpha value is -0.0400. The van der Waals surface area contributed by atoms with Crippen molar-refractivity contribution in [2.75, 3.05) is 24.1 Å². The van der Waals surface area contributed by atoms with Crippen molar-refractivity contribution in [1.29, 1.82) is 0 Å². The molecule has 1 aliphatic heterocycles. The first-order valence-electron chi connectivity index (χ1n) is 8.43. The topological polar surface area (TPSA) is 38.8 Å². The lowest BCUT2D eigenvalue weighted by molar-refractivity contribution is -0.0795. The zero-order valence-electron chi connectivity index (χ0n) is 14.8. The maximum atomic E-state index is 12.1. The Balaban J connectivity index is 2.51. The molecule has 5 heteroatoms. The molecule has 0 aromatic rings. The van der Waals surface area contributed by atoms with Gasteiger partial charge < -0.3 is 14.4 Å². The monoisotopic (exact) mass is 425 g/mol. The molecule has 0 atom stereocenters. The molecule has 130 valence electrons. The first-order valence-corrected chi connectivity index (χ1v) is 9.95. The van der Waals surface area contributed by atoms with Gasteiger partial charge in [0.1, 0.15) is 5.60 Å². The molecule has 1 aliphatic rings. The molecule has 0 aliphatic carbocycles. The number of rotatable bonds is 6. The molecule has 1 amide bonds. The number of ether oxygens (including phenoxy) is 2. The summed E-state index contributed by atoms with van der Waals surface area (Å²) in [5.41, 5.74) is -0.498. The van der Waals surface area contributed by atoms with Gasteiger partial charge in [0.25, 0.3) is 0 Å². The van der Waals surface area contributed by atoms with E-state index in [1.807, 2.05) is 25.7 Å². The molecule has 0 saturated carbocycles. The van der Waals surface area contributed by atoms with Gasteiger partial charge in [0, 0.05) is 17.5 Å². The van der Waals surface area contributed by atoms with Crippen molar-refractivity contribution in [3.63, 3.8) is 0 Å². The summed E-state index contributed by atoms with van der Waals surface area (Å²) in [5.74, 6) is 0.642. The summed E-state index contributed by atoms with van der Waals surface area (Å²) in [6.07, 6.45) is 3.93. The predicted octanol–water partition coefficient (Wildman–Crippen LogP) is 4.64. The average molecular weight is 425 g/mol. The van der Waals surface area contributed by atoms with Crippen LogP contribution in [0.5, 0.6) is 0 Å². The molecule has 0 aromatic heterocycles. The number of likely N-dealkylation sites (tertiary alicyclic amines) is 1. The third-order valence-corrected chi connectivity index (χ3v) is 5.74. The highest BCUT2D eigenvalue weighted by atomic mass is 127. The minimum atomic E-state index is -0.430. The number of piperidine rings is 1. The van der Waals surface area contributed by atoms with Crippen LogP contribution in [0.1, 0.15) is 60.3 Å². The van der Waals surface area contributed by atoms with Crippen molar-refractivity contribution in [3.05, 3.63) is 0 Å². The number of hydrogen-bond acceptors (Lipinski definition) is 3. The first-order chi connectivity index (χ1) is 10.2. The Morgan fingerprint density at radius 3 is 2.18 bits per heavy atom. The number of nitrogens with zero attached hydrogens (tertiary/aromatic N) is 1. The SMILES string of the molecule is CCC(CC)COC1(CI)CCN(C(=O)OC(C)(C)C)CC1. The van der Waals surface area contributed by atoms with Gasteiger partial charge in [-0.15, -0.1) is 0 Å². The summed E-state index contributed by atoms with van der Waals surface area (Å²) in [6.45, 7) is 12.4. The smallest absolute Gasteiger partial charge is 0.410 e. The fourth-order valence-corrected chi connectivity index (χ4v) is 3.54. The summed E-state index contributed by atoms with van der Waals surface area (Å²) in [6, 6.07) is 0. The van der Waals surface area contributed by atoms with Crippen LogP contribution in [0.3, 0.4) is 0 Å². The second-order valence-electron chi connectivity index (χ2n) is 7.28. The standard InChI is InChI=1S/C17H32INO3/c1-6-14(7-2)12-21-17(13-18)8-10-19(11-9-17)15(20)22-16(3,4)5/h14H,6-13H2,1-5H3. The Morgan fingerprint density at radius 1 is 1.23 bits per heavy atom. The highest BCUT2D eigenvalue weighted by molar-refractivity contribution is 14.1. The first kappa shape index (κ1) is 20.0. The minimum Gasteiger partial charge on any atom is -0.444 e. The molecule has 22 heavy (non-hydrogen) atoms. The van der Waals surface area contributed by atoms with E-state index in [4.69, 9.17) is 9.47 Å². The van der Waals surface area contributed by atoms with E-state index in [1.54, 1.807) is 0 Å². The molecule has 0 spiro atoms. The van der Waals surface area contributed by atoms with Crippen molar-refractivity contribution in [1.82, 2.24) is 4.90 Å². The molecule has 1 fully saturated rings. The summed E-state index contributed by atoms with van der Waals surface area (Å²) in [4.78, 5) is 13.9. The Morgan fingerprint density at radius 2 is 1.77 bits per heavy atom. The van der Waals surface area contributed by atoms with Gasteiger partial charge in [-0.1, -0.05) is 49.3 Å². The second-order valence-corrected chi connectivity index (χ2v) is 8.04. The fourth-order valence-electron chi connectivity index (χ4n) is 2.56. The Bertz CT molecular complexity index is 342. The van der Waals surface area contributed by atoms with Crippen LogP contribution in [-0.4, -0.2) is 46.3 Å². The van der Waals surface area contributed by atoms with Crippen molar-refractivity contribution in [2.45, 2.75) is 71.5 Å². The van der Waals surface area contributed by atoms with Crippen LogP contribution in [0.15, 0.2) is 0 Å². The largest absolute Gasteiger partial charge is 0.444 e. The Labute approximate surface area is 149 Å². The molecular formula is C17H32INO3. The lowest BCUT2D eigenvalue weighted by atomic mass is 9.93. The van der Waals surface area contributed by atoms with Crippen molar-refractivity contribution >= 4 is 28.7 Å².